The summed E-state index contributed by atoms with van der Waals surface area (Å²) in [5.41, 5.74) is 0.265. The predicted octanol–water partition coefficient (Wildman–Crippen LogP) is 1.81. The summed E-state index contributed by atoms with van der Waals surface area (Å²) in [5, 5.41) is 13.1. The second kappa shape index (κ2) is 6.00. The third kappa shape index (κ3) is 4.14. The van der Waals surface area contributed by atoms with E-state index in [1.807, 2.05) is 18.9 Å². The maximum atomic E-state index is 9.85. The first-order chi connectivity index (χ1) is 8.35. The topological polar surface area (TPSA) is 61.3 Å². The minimum atomic E-state index is -0.747. The van der Waals surface area contributed by atoms with Crippen molar-refractivity contribution in [3.63, 3.8) is 0 Å². The van der Waals surface area contributed by atoms with Crippen LogP contribution in [0.15, 0.2) is 6.33 Å². The summed E-state index contributed by atoms with van der Waals surface area (Å²) < 4.78 is 0. The van der Waals surface area contributed by atoms with Crippen LogP contribution in [0.1, 0.15) is 32.8 Å². The van der Waals surface area contributed by atoms with Gasteiger partial charge in [-0.25, -0.2) is 9.97 Å². The van der Waals surface area contributed by atoms with Gasteiger partial charge in [0.1, 0.15) is 18.0 Å². The van der Waals surface area contributed by atoms with Gasteiger partial charge < -0.3 is 15.3 Å². The summed E-state index contributed by atoms with van der Waals surface area (Å²) in [5.74, 6) is 1.72. The van der Waals surface area contributed by atoms with Gasteiger partial charge in [0.25, 0.3) is 0 Å². The quantitative estimate of drug-likeness (QED) is 0.808. The molecule has 0 aliphatic heterocycles. The molecule has 1 aromatic heterocycles. The van der Waals surface area contributed by atoms with E-state index in [2.05, 4.69) is 22.2 Å². The molecule has 18 heavy (non-hydrogen) atoms. The second-order valence-electron chi connectivity index (χ2n) is 5.27. The fraction of sp³-hybridized carbons (Fsp3) is 0.692. The molecule has 102 valence electrons. The SMILES string of the molecule is CCCNc1ncnc(N(C)CC(C)(C)O)c1C. The van der Waals surface area contributed by atoms with Gasteiger partial charge in [0.15, 0.2) is 0 Å². The van der Waals surface area contributed by atoms with E-state index >= 15 is 0 Å². The highest BCUT2D eigenvalue weighted by atomic mass is 16.3. The molecule has 1 rings (SSSR count). The van der Waals surface area contributed by atoms with Crippen LogP contribution in [-0.4, -0.2) is 40.8 Å². The van der Waals surface area contributed by atoms with Crippen LogP contribution in [0.4, 0.5) is 11.6 Å². The Labute approximate surface area is 109 Å². The van der Waals surface area contributed by atoms with Crippen LogP contribution in [-0.2, 0) is 0 Å². The van der Waals surface area contributed by atoms with Crippen molar-refractivity contribution in [1.29, 1.82) is 0 Å². The van der Waals surface area contributed by atoms with Gasteiger partial charge in [-0.3, -0.25) is 0 Å². The van der Waals surface area contributed by atoms with Crippen molar-refractivity contribution in [3.8, 4) is 0 Å². The first-order valence-electron chi connectivity index (χ1n) is 6.34. The molecule has 0 spiro atoms. The van der Waals surface area contributed by atoms with E-state index in [9.17, 15) is 5.11 Å². The number of rotatable bonds is 6. The highest BCUT2D eigenvalue weighted by Crippen LogP contribution is 2.22. The summed E-state index contributed by atoms with van der Waals surface area (Å²) >= 11 is 0. The molecule has 1 aromatic rings. The van der Waals surface area contributed by atoms with Crippen LogP contribution in [0.25, 0.3) is 0 Å². The number of nitrogens with one attached hydrogen (secondary N) is 1. The van der Waals surface area contributed by atoms with Crippen molar-refractivity contribution in [2.24, 2.45) is 0 Å². The summed E-state index contributed by atoms with van der Waals surface area (Å²) in [6.45, 7) is 9.11. The van der Waals surface area contributed by atoms with Crippen molar-refractivity contribution < 1.29 is 5.11 Å². The lowest BCUT2D eigenvalue weighted by Gasteiger charge is -2.27. The Morgan fingerprint density at radius 1 is 1.39 bits per heavy atom. The molecular weight excluding hydrogens is 228 g/mol. The molecule has 0 aliphatic carbocycles. The van der Waals surface area contributed by atoms with Gasteiger partial charge in [0, 0.05) is 25.7 Å². The molecule has 0 saturated heterocycles. The Balaban J connectivity index is 2.89. The lowest BCUT2D eigenvalue weighted by Crippen LogP contribution is -2.37. The fourth-order valence-corrected chi connectivity index (χ4v) is 1.90. The van der Waals surface area contributed by atoms with Crippen LogP contribution in [0.3, 0.4) is 0 Å². The number of likely N-dealkylation sites (N-methyl/N-ethyl adjacent to an activating group) is 1. The Bertz CT molecular complexity index is 387. The van der Waals surface area contributed by atoms with Crippen LogP contribution in [0.5, 0.6) is 0 Å². The van der Waals surface area contributed by atoms with E-state index in [4.69, 9.17) is 0 Å². The molecule has 0 fully saturated rings. The van der Waals surface area contributed by atoms with Gasteiger partial charge >= 0.3 is 0 Å². The van der Waals surface area contributed by atoms with E-state index in [0.717, 1.165) is 30.2 Å². The second-order valence-corrected chi connectivity index (χ2v) is 5.27. The highest BCUT2D eigenvalue weighted by molar-refractivity contribution is 5.57. The molecule has 1 heterocycles. The van der Waals surface area contributed by atoms with Crippen molar-refractivity contribution in [3.05, 3.63) is 11.9 Å². The Kier molecular flexibility index (Phi) is 4.90. The molecule has 0 amide bonds. The number of hydrogen-bond donors (Lipinski definition) is 2. The molecule has 0 bridgehead atoms. The number of anilines is 2. The van der Waals surface area contributed by atoms with Gasteiger partial charge in [-0.2, -0.15) is 0 Å². The first kappa shape index (κ1) is 14.7. The smallest absolute Gasteiger partial charge is 0.136 e. The number of aliphatic hydroxyl groups is 1. The lowest BCUT2D eigenvalue weighted by atomic mass is 10.1. The summed E-state index contributed by atoms with van der Waals surface area (Å²) in [6.07, 6.45) is 2.61. The molecule has 0 atom stereocenters. The Morgan fingerprint density at radius 2 is 2.06 bits per heavy atom. The monoisotopic (exact) mass is 252 g/mol. The van der Waals surface area contributed by atoms with Crippen molar-refractivity contribution in [2.75, 3.05) is 30.4 Å². The maximum absolute atomic E-state index is 9.85. The van der Waals surface area contributed by atoms with Crippen LogP contribution < -0.4 is 10.2 Å². The van der Waals surface area contributed by atoms with Gasteiger partial charge in [-0.1, -0.05) is 6.92 Å². The first-order valence-corrected chi connectivity index (χ1v) is 6.34. The average molecular weight is 252 g/mol. The molecule has 0 radical (unpaired) electrons. The Hall–Kier alpha value is -1.36. The lowest BCUT2D eigenvalue weighted by molar-refractivity contribution is 0.0884. The fourth-order valence-electron chi connectivity index (χ4n) is 1.90. The van der Waals surface area contributed by atoms with Crippen LogP contribution in [0.2, 0.25) is 0 Å². The molecular formula is C13H24N4O. The zero-order valence-corrected chi connectivity index (χ0v) is 12.0. The molecule has 0 unspecified atom stereocenters. The summed E-state index contributed by atoms with van der Waals surface area (Å²) in [7, 11) is 1.93. The minimum absolute atomic E-state index is 0.526. The molecule has 0 aliphatic rings. The van der Waals surface area contributed by atoms with Crippen molar-refractivity contribution >= 4 is 11.6 Å². The van der Waals surface area contributed by atoms with E-state index < -0.39 is 5.60 Å². The summed E-state index contributed by atoms with van der Waals surface area (Å²) in [4.78, 5) is 10.5. The molecule has 0 aromatic carbocycles. The van der Waals surface area contributed by atoms with E-state index in [0.29, 0.717) is 6.54 Å². The van der Waals surface area contributed by atoms with E-state index in [1.165, 1.54) is 0 Å². The highest BCUT2D eigenvalue weighted by Gasteiger charge is 2.18. The predicted molar refractivity (Wildman–Crippen MR) is 75.1 cm³/mol. The van der Waals surface area contributed by atoms with Gasteiger partial charge in [0.2, 0.25) is 0 Å². The van der Waals surface area contributed by atoms with Crippen molar-refractivity contribution in [2.45, 2.75) is 39.7 Å². The molecule has 2 N–H and O–H groups in total. The van der Waals surface area contributed by atoms with Crippen molar-refractivity contribution in [1.82, 2.24) is 9.97 Å². The van der Waals surface area contributed by atoms with Gasteiger partial charge in [-0.05, 0) is 27.2 Å². The van der Waals surface area contributed by atoms with E-state index in [-0.39, 0.29) is 0 Å². The third-order valence-electron chi connectivity index (χ3n) is 2.59. The van der Waals surface area contributed by atoms with E-state index in [1.54, 1.807) is 20.2 Å². The normalized spacial score (nSPS) is 11.4. The van der Waals surface area contributed by atoms with Crippen LogP contribution >= 0.6 is 0 Å². The zero-order valence-electron chi connectivity index (χ0n) is 12.0. The third-order valence-corrected chi connectivity index (χ3v) is 2.59. The summed E-state index contributed by atoms with van der Waals surface area (Å²) in [6, 6.07) is 0. The number of aromatic nitrogens is 2. The number of hydrogen-bond acceptors (Lipinski definition) is 5. The minimum Gasteiger partial charge on any atom is -0.389 e. The molecule has 0 saturated carbocycles. The standard InChI is InChI=1S/C13H24N4O/c1-6-7-14-11-10(2)12(16-9-15-11)17(5)8-13(3,4)18/h9,18H,6-8H2,1-5H3,(H,14,15,16). The Morgan fingerprint density at radius 3 is 2.61 bits per heavy atom. The molecule has 5 nitrogen and oxygen atoms in total. The zero-order chi connectivity index (χ0) is 13.8. The largest absolute Gasteiger partial charge is 0.389 e. The maximum Gasteiger partial charge on any atom is 0.136 e. The number of nitrogens with zero attached hydrogens (tertiary/aromatic N) is 3. The molecule has 5 heteroatoms. The van der Waals surface area contributed by atoms with Gasteiger partial charge in [-0.15, -0.1) is 0 Å². The van der Waals surface area contributed by atoms with Crippen LogP contribution in [0, 0.1) is 6.92 Å². The van der Waals surface area contributed by atoms with Gasteiger partial charge in [0.05, 0.1) is 5.60 Å². The average Bonchev–Trinajstić information content (AvgIpc) is 2.25.